The minimum Gasteiger partial charge on any atom is -0.454 e. The van der Waals surface area contributed by atoms with E-state index < -0.39 is 0 Å². The number of nitrogen functional groups attached to an aromatic ring is 1. The maximum absolute atomic E-state index is 5.93. The number of nitrogens with two attached hydrogens (primary N) is 1. The number of halogens is 1. The average Bonchev–Trinajstić information content (AvgIpc) is 3.03. The summed E-state index contributed by atoms with van der Waals surface area (Å²) in [6.07, 6.45) is 0. The van der Waals surface area contributed by atoms with Crippen LogP contribution in [0.2, 0.25) is 0 Å². The first kappa shape index (κ1) is 11.6. The van der Waals surface area contributed by atoms with Gasteiger partial charge < -0.3 is 19.6 Å². The standard InChI is InChI=1S/C14H9BrN2O3/c15-8-4-9(16)13-10(5-8)17-14(20-13)7-1-2-11-12(3-7)19-6-18-11/h1-5H,6,16H2. The van der Waals surface area contributed by atoms with Crippen LogP contribution in [0.5, 0.6) is 11.5 Å². The van der Waals surface area contributed by atoms with Gasteiger partial charge in [0.05, 0.1) is 5.69 Å². The van der Waals surface area contributed by atoms with Gasteiger partial charge in [0.1, 0.15) is 5.52 Å². The van der Waals surface area contributed by atoms with Crippen LogP contribution in [0.4, 0.5) is 5.69 Å². The van der Waals surface area contributed by atoms with Crippen LogP contribution >= 0.6 is 15.9 Å². The first-order valence-corrected chi connectivity index (χ1v) is 6.75. The average molecular weight is 333 g/mol. The van der Waals surface area contributed by atoms with Gasteiger partial charge in [-0.15, -0.1) is 0 Å². The van der Waals surface area contributed by atoms with Gasteiger partial charge in [0.15, 0.2) is 17.1 Å². The number of hydrogen-bond acceptors (Lipinski definition) is 5. The third-order valence-corrected chi connectivity index (χ3v) is 3.56. The Hall–Kier alpha value is -2.21. The lowest BCUT2D eigenvalue weighted by molar-refractivity contribution is 0.174. The molecular formula is C14H9BrN2O3. The molecule has 0 unspecified atom stereocenters. The van der Waals surface area contributed by atoms with Crippen molar-refractivity contribution in [2.75, 3.05) is 12.5 Å². The van der Waals surface area contributed by atoms with Crippen molar-refractivity contribution in [3.8, 4) is 23.0 Å². The number of aromatic nitrogens is 1. The Bertz CT molecular complexity index is 829. The molecule has 1 aliphatic rings. The zero-order chi connectivity index (χ0) is 13.7. The summed E-state index contributed by atoms with van der Waals surface area (Å²) in [6, 6.07) is 9.22. The Kier molecular flexibility index (Phi) is 2.40. The molecule has 4 rings (SSSR count). The van der Waals surface area contributed by atoms with Crippen LogP contribution in [0.15, 0.2) is 39.2 Å². The van der Waals surface area contributed by atoms with E-state index in [2.05, 4.69) is 20.9 Å². The molecule has 1 aromatic heterocycles. The van der Waals surface area contributed by atoms with E-state index in [0.717, 1.165) is 15.8 Å². The molecule has 100 valence electrons. The number of benzene rings is 2. The second-order valence-corrected chi connectivity index (χ2v) is 5.35. The number of ether oxygens (including phenoxy) is 2. The van der Waals surface area contributed by atoms with Crippen LogP contribution in [0.1, 0.15) is 0 Å². The lowest BCUT2D eigenvalue weighted by Gasteiger charge is -1.98. The monoisotopic (exact) mass is 332 g/mol. The van der Waals surface area contributed by atoms with Crippen molar-refractivity contribution in [3.05, 3.63) is 34.8 Å². The number of oxazole rings is 1. The molecule has 2 N–H and O–H groups in total. The van der Waals surface area contributed by atoms with Gasteiger partial charge in [-0.3, -0.25) is 0 Å². The van der Waals surface area contributed by atoms with Gasteiger partial charge in [0.25, 0.3) is 0 Å². The third kappa shape index (κ3) is 1.72. The van der Waals surface area contributed by atoms with Crippen LogP contribution in [0.3, 0.4) is 0 Å². The summed E-state index contributed by atoms with van der Waals surface area (Å²) in [5, 5.41) is 0. The molecule has 2 aromatic carbocycles. The summed E-state index contributed by atoms with van der Waals surface area (Å²) in [7, 11) is 0. The summed E-state index contributed by atoms with van der Waals surface area (Å²) >= 11 is 3.39. The van der Waals surface area contributed by atoms with E-state index in [1.54, 1.807) is 6.07 Å². The number of nitrogens with zero attached hydrogens (tertiary/aromatic N) is 1. The molecule has 0 fully saturated rings. The van der Waals surface area contributed by atoms with Gasteiger partial charge in [-0.2, -0.15) is 0 Å². The van der Waals surface area contributed by atoms with Crippen LogP contribution in [-0.4, -0.2) is 11.8 Å². The van der Waals surface area contributed by atoms with Crippen molar-refractivity contribution in [2.45, 2.75) is 0 Å². The maximum atomic E-state index is 5.93. The van der Waals surface area contributed by atoms with Crippen LogP contribution in [0, 0.1) is 0 Å². The highest BCUT2D eigenvalue weighted by atomic mass is 79.9. The number of hydrogen-bond donors (Lipinski definition) is 1. The van der Waals surface area contributed by atoms with Crippen molar-refractivity contribution in [1.29, 1.82) is 0 Å². The minimum absolute atomic E-state index is 0.242. The summed E-state index contributed by atoms with van der Waals surface area (Å²) in [4.78, 5) is 4.46. The van der Waals surface area contributed by atoms with Gasteiger partial charge in [0, 0.05) is 10.0 Å². The molecule has 5 nitrogen and oxygen atoms in total. The fourth-order valence-electron chi connectivity index (χ4n) is 2.18. The van der Waals surface area contributed by atoms with E-state index in [1.807, 2.05) is 24.3 Å². The number of fused-ring (bicyclic) bond motifs is 2. The molecule has 3 aromatic rings. The van der Waals surface area contributed by atoms with Crippen LogP contribution in [-0.2, 0) is 0 Å². The van der Waals surface area contributed by atoms with Gasteiger partial charge in [-0.05, 0) is 30.3 Å². The summed E-state index contributed by atoms with van der Waals surface area (Å²) < 4.78 is 17.3. The predicted molar refractivity (Wildman–Crippen MR) is 77.7 cm³/mol. The number of anilines is 1. The van der Waals surface area contributed by atoms with E-state index in [0.29, 0.717) is 28.4 Å². The van der Waals surface area contributed by atoms with E-state index >= 15 is 0 Å². The molecule has 1 aliphatic heterocycles. The van der Waals surface area contributed by atoms with Crippen LogP contribution in [0.25, 0.3) is 22.6 Å². The van der Waals surface area contributed by atoms with Crippen molar-refractivity contribution in [3.63, 3.8) is 0 Å². The zero-order valence-electron chi connectivity index (χ0n) is 10.2. The molecule has 0 aliphatic carbocycles. The Balaban J connectivity index is 1.88. The maximum Gasteiger partial charge on any atom is 0.231 e. The minimum atomic E-state index is 0.242. The van der Waals surface area contributed by atoms with Gasteiger partial charge in [-0.1, -0.05) is 15.9 Å². The fraction of sp³-hybridized carbons (Fsp3) is 0.0714. The van der Waals surface area contributed by atoms with Gasteiger partial charge in [0.2, 0.25) is 12.7 Å². The highest BCUT2D eigenvalue weighted by molar-refractivity contribution is 9.10. The quantitative estimate of drug-likeness (QED) is 0.690. The SMILES string of the molecule is Nc1cc(Br)cc2nc(-c3ccc4c(c3)OCO4)oc12. The first-order valence-electron chi connectivity index (χ1n) is 5.96. The largest absolute Gasteiger partial charge is 0.454 e. The highest BCUT2D eigenvalue weighted by Gasteiger charge is 2.17. The van der Waals surface area contributed by atoms with E-state index in [1.165, 1.54) is 0 Å². The Morgan fingerprint density at radius 3 is 2.85 bits per heavy atom. The van der Waals surface area contributed by atoms with Crippen molar-refractivity contribution >= 4 is 32.7 Å². The first-order chi connectivity index (χ1) is 9.70. The second kappa shape index (κ2) is 4.14. The number of rotatable bonds is 1. The molecule has 0 bridgehead atoms. The summed E-state index contributed by atoms with van der Waals surface area (Å²) in [6.45, 7) is 0.242. The fourth-order valence-corrected chi connectivity index (χ4v) is 2.64. The van der Waals surface area contributed by atoms with E-state index in [4.69, 9.17) is 19.6 Å². The normalized spacial score (nSPS) is 13.1. The molecule has 0 saturated carbocycles. The topological polar surface area (TPSA) is 70.5 Å². The third-order valence-electron chi connectivity index (χ3n) is 3.10. The molecule has 0 amide bonds. The molecule has 2 heterocycles. The Morgan fingerprint density at radius 2 is 1.95 bits per heavy atom. The molecule has 20 heavy (non-hydrogen) atoms. The Morgan fingerprint density at radius 1 is 1.10 bits per heavy atom. The lowest BCUT2D eigenvalue weighted by atomic mass is 10.2. The van der Waals surface area contributed by atoms with Crippen molar-refractivity contribution in [2.24, 2.45) is 0 Å². The summed E-state index contributed by atoms with van der Waals surface area (Å²) in [5.74, 6) is 1.93. The molecule has 0 atom stereocenters. The van der Waals surface area contributed by atoms with Crippen LogP contribution < -0.4 is 15.2 Å². The molecule has 6 heteroatoms. The highest BCUT2D eigenvalue weighted by Crippen LogP contribution is 2.37. The van der Waals surface area contributed by atoms with E-state index in [-0.39, 0.29) is 6.79 Å². The van der Waals surface area contributed by atoms with Gasteiger partial charge in [-0.25, -0.2) is 4.98 Å². The predicted octanol–water partition coefficient (Wildman–Crippen LogP) is 3.57. The van der Waals surface area contributed by atoms with Crippen molar-refractivity contribution in [1.82, 2.24) is 4.98 Å². The molecule has 0 saturated heterocycles. The summed E-state index contributed by atoms with van der Waals surface area (Å²) in [5.41, 5.74) is 8.60. The van der Waals surface area contributed by atoms with Crippen molar-refractivity contribution < 1.29 is 13.9 Å². The van der Waals surface area contributed by atoms with E-state index in [9.17, 15) is 0 Å². The smallest absolute Gasteiger partial charge is 0.231 e. The zero-order valence-corrected chi connectivity index (χ0v) is 11.8. The molecular weight excluding hydrogens is 324 g/mol. The Labute approximate surface area is 122 Å². The van der Waals surface area contributed by atoms with Gasteiger partial charge >= 0.3 is 0 Å². The molecule has 0 spiro atoms. The lowest BCUT2D eigenvalue weighted by Crippen LogP contribution is -1.92. The second-order valence-electron chi connectivity index (χ2n) is 4.43. The molecule has 0 radical (unpaired) electrons.